The second kappa shape index (κ2) is 6.13. The Morgan fingerprint density at radius 1 is 1.35 bits per heavy atom. The smallest absolute Gasteiger partial charge is 0.313 e. The van der Waals surface area contributed by atoms with Crippen molar-refractivity contribution in [1.29, 1.82) is 0 Å². The van der Waals surface area contributed by atoms with E-state index in [-0.39, 0.29) is 11.7 Å². The number of carbonyl (C=O) groups excluding carboxylic acids is 1. The third-order valence-corrected chi connectivity index (χ3v) is 3.71. The average molecular weight is 278 g/mol. The lowest BCUT2D eigenvalue weighted by atomic mass is 9.93. The van der Waals surface area contributed by atoms with Crippen LogP contribution in [0.4, 0.5) is 4.39 Å². The number of rotatable bonds is 2. The van der Waals surface area contributed by atoms with Crippen LogP contribution in [0.1, 0.15) is 30.6 Å². The van der Waals surface area contributed by atoms with Gasteiger partial charge in [-0.25, -0.2) is 9.18 Å². The molecule has 0 amide bonds. The van der Waals surface area contributed by atoms with Crippen LogP contribution >= 0.6 is 0 Å². The predicted octanol–water partition coefficient (Wildman–Crippen LogP) is 2.70. The molecule has 20 heavy (non-hydrogen) atoms. The highest BCUT2D eigenvalue weighted by Gasteiger charge is 2.26. The third kappa shape index (κ3) is 3.42. The number of halogens is 1. The number of oxime groups is 1. The van der Waals surface area contributed by atoms with Gasteiger partial charge < -0.3 is 9.74 Å². The van der Waals surface area contributed by atoms with Gasteiger partial charge in [0.05, 0.1) is 11.3 Å². The van der Waals surface area contributed by atoms with Crippen LogP contribution < -0.4 is 0 Å². The Morgan fingerprint density at radius 2 is 2.00 bits per heavy atom. The molecule has 0 saturated carbocycles. The normalized spacial score (nSPS) is 25.7. The quantitative estimate of drug-likeness (QED) is 0.617. The molecule has 4 nitrogen and oxygen atoms in total. The van der Waals surface area contributed by atoms with Gasteiger partial charge in [-0.05, 0) is 38.2 Å². The van der Waals surface area contributed by atoms with Crippen molar-refractivity contribution in [3.05, 3.63) is 35.6 Å². The van der Waals surface area contributed by atoms with Crippen molar-refractivity contribution in [3.8, 4) is 0 Å². The van der Waals surface area contributed by atoms with Crippen LogP contribution in [0.2, 0.25) is 0 Å². The fraction of sp³-hybridized carbons (Fsp3) is 0.467. The number of benzene rings is 1. The van der Waals surface area contributed by atoms with Crippen LogP contribution in [-0.4, -0.2) is 36.2 Å². The van der Waals surface area contributed by atoms with E-state index in [1.807, 2.05) is 0 Å². The summed E-state index contributed by atoms with van der Waals surface area (Å²) >= 11 is 0. The van der Waals surface area contributed by atoms with Crippen molar-refractivity contribution < 1.29 is 14.0 Å². The van der Waals surface area contributed by atoms with Crippen LogP contribution in [0.15, 0.2) is 29.4 Å². The molecule has 1 aliphatic heterocycles. The lowest BCUT2D eigenvalue weighted by Crippen LogP contribution is -2.43. The number of hydrogen-bond donors (Lipinski definition) is 0. The summed E-state index contributed by atoms with van der Waals surface area (Å²) in [7, 11) is 2.07. The van der Waals surface area contributed by atoms with E-state index in [1.165, 1.54) is 24.3 Å². The Hall–Kier alpha value is -1.75. The van der Waals surface area contributed by atoms with Crippen LogP contribution in [0.3, 0.4) is 0 Å². The van der Waals surface area contributed by atoms with E-state index in [4.69, 9.17) is 4.84 Å². The molecule has 1 aromatic carbocycles. The summed E-state index contributed by atoms with van der Waals surface area (Å²) in [6.45, 7) is 5.07. The van der Waals surface area contributed by atoms with Crippen LogP contribution in [0, 0.1) is 11.7 Å². The van der Waals surface area contributed by atoms with Gasteiger partial charge in [0.15, 0.2) is 0 Å². The van der Waals surface area contributed by atoms with Crippen molar-refractivity contribution in [1.82, 2.24) is 4.90 Å². The van der Waals surface area contributed by atoms with Gasteiger partial charge in [0.1, 0.15) is 5.82 Å². The Balaban J connectivity index is 2.01. The maximum absolute atomic E-state index is 12.8. The SMILES string of the molecule is C[C@@H]1C/C(=N/OC(=O)c2ccc(F)cc2)[C@@H](C)CN1C. The molecule has 1 aromatic rings. The first kappa shape index (κ1) is 14.7. The van der Waals surface area contributed by atoms with E-state index in [9.17, 15) is 9.18 Å². The molecule has 0 radical (unpaired) electrons. The molecule has 1 saturated heterocycles. The highest BCUT2D eigenvalue weighted by Crippen LogP contribution is 2.18. The molecule has 0 aromatic heterocycles. The molecule has 0 N–H and O–H groups in total. The third-order valence-electron chi connectivity index (χ3n) is 3.71. The van der Waals surface area contributed by atoms with Gasteiger partial charge >= 0.3 is 5.97 Å². The number of hydrogen-bond acceptors (Lipinski definition) is 4. The Bertz CT molecular complexity index is 513. The van der Waals surface area contributed by atoms with Gasteiger partial charge in [-0.3, -0.25) is 0 Å². The fourth-order valence-corrected chi connectivity index (χ4v) is 2.24. The first-order valence-corrected chi connectivity index (χ1v) is 6.71. The summed E-state index contributed by atoms with van der Waals surface area (Å²) in [5, 5.41) is 3.99. The molecular formula is C15H19FN2O2. The van der Waals surface area contributed by atoms with Gasteiger partial charge in [-0.2, -0.15) is 0 Å². The van der Waals surface area contributed by atoms with Crippen molar-refractivity contribution in [2.75, 3.05) is 13.6 Å². The zero-order valence-corrected chi connectivity index (χ0v) is 12.0. The van der Waals surface area contributed by atoms with E-state index in [0.29, 0.717) is 11.6 Å². The summed E-state index contributed by atoms with van der Waals surface area (Å²) in [5.74, 6) is -0.681. The number of piperidine rings is 1. The minimum atomic E-state index is -0.559. The van der Waals surface area contributed by atoms with Gasteiger partial charge in [-0.15, -0.1) is 0 Å². The fourth-order valence-electron chi connectivity index (χ4n) is 2.24. The highest BCUT2D eigenvalue weighted by molar-refractivity contribution is 5.91. The van der Waals surface area contributed by atoms with E-state index >= 15 is 0 Å². The monoisotopic (exact) mass is 278 g/mol. The molecule has 1 aliphatic rings. The first-order valence-electron chi connectivity index (χ1n) is 6.71. The molecule has 0 spiro atoms. The van der Waals surface area contributed by atoms with E-state index in [1.54, 1.807) is 0 Å². The Morgan fingerprint density at radius 3 is 2.65 bits per heavy atom. The molecule has 1 fully saturated rings. The second-order valence-electron chi connectivity index (χ2n) is 5.36. The number of likely N-dealkylation sites (tertiary alicyclic amines) is 1. The summed E-state index contributed by atoms with van der Waals surface area (Å²) in [6, 6.07) is 5.61. The second-order valence-corrected chi connectivity index (χ2v) is 5.36. The van der Waals surface area contributed by atoms with Crippen molar-refractivity contribution in [2.45, 2.75) is 26.3 Å². The molecule has 2 atom stereocenters. The minimum absolute atomic E-state index is 0.261. The minimum Gasteiger partial charge on any atom is -0.313 e. The Labute approximate surface area is 118 Å². The molecule has 2 rings (SSSR count). The van der Waals surface area contributed by atoms with Crippen LogP contribution in [0.5, 0.6) is 0 Å². The molecule has 0 aliphatic carbocycles. The zero-order chi connectivity index (χ0) is 14.7. The number of nitrogens with zero attached hydrogens (tertiary/aromatic N) is 2. The van der Waals surface area contributed by atoms with Crippen molar-refractivity contribution in [2.24, 2.45) is 11.1 Å². The van der Waals surface area contributed by atoms with Crippen molar-refractivity contribution >= 4 is 11.7 Å². The average Bonchev–Trinajstić information content (AvgIpc) is 2.42. The largest absolute Gasteiger partial charge is 0.365 e. The lowest BCUT2D eigenvalue weighted by Gasteiger charge is -2.34. The molecule has 1 heterocycles. The summed E-state index contributed by atoms with van der Waals surface area (Å²) < 4.78 is 12.8. The molecule has 0 unspecified atom stereocenters. The van der Waals surface area contributed by atoms with Gasteiger partial charge in [0, 0.05) is 24.9 Å². The van der Waals surface area contributed by atoms with Gasteiger partial charge in [-0.1, -0.05) is 12.1 Å². The predicted molar refractivity (Wildman–Crippen MR) is 75.1 cm³/mol. The topological polar surface area (TPSA) is 41.9 Å². The first-order chi connectivity index (χ1) is 9.47. The summed E-state index contributed by atoms with van der Waals surface area (Å²) in [6.07, 6.45) is 0.786. The van der Waals surface area contributed by atoms with E-state index < -0.39 is 5.97 Å². The van der Waals surface area contributed by atoms with E-state index in [0.717, 1.165) is 18.7 Å². The molecule has 5 heteroatoms. The lowest BCUT2D eigenvalue weighted by molar-refractivity contribution is 0.0508. The maximum Gasteiger partial charge on any atom is 0.365 e. The van der Waals surface area contributed by atoms with Crippen LogP contribution in [-0.2, 0) is 4.84 Å². The zero-order valence-electron chi connectivity index (χ0n) is 12.0. The molecular weight excluding hydrogens is 259 g/mol. The van der Waals surface area contributed by atoms with E-state index in [2.05, 4.69) is 31.0 Å². The van der Waals surface area contributed by atoms with Crippen LogP contribution in [0.25, 0.3) is 0 Å². The highest BCUT2D eigenvalue weighted by atomic mass is 19.1. The molecule has 108 valence electrons. The summed E-state index contributed by atoms with van der Waals surface area (Å²) in [5.41, 5.74) is 1.19. The maximum atomic E-state index is 12.8. The number of carbonyl (C=O) groups is 1. The molecule has 0 bridgehead atoms. The van der Waals surface area contributed by atoms with Crippen molar-refractivity contribution in [3.63, 3.8) is 0 Å². The Kier molecular flexibility index (Phi) is 4.49. The summed E-state index contributed by atoms with van der Waals surface area (Å²) in [4.78, 5) is 19.0. The van der Waals surface area contributed by atoms with Gasteiger partial charge in [0.25, 0.3) is 0 Å². The standard InChI is InChI=1S/C15H19FN2O2/c1-10-9-18(3)11(2)8-14(10)17-20-15(19)12-4-6-13(16)7-5-12/h4-7,10-11H,8-9H2,1-3H3/b17-14-/t10-,11+/m0/s1. The van der Waals surface area contributed by atoms with Gasteiger partial charge in [0.2, 0.25) is 0 Å².